The standard InChI is InChI=1S/C23H25N5O3S/c1-15-11-12-18(19(13-15)28(30)31)24-22(29)21(17-9-3-2-4-10-17)32-23-25-20(26-27-23)14-16-7-5-6-8-16/h2-4,9-13,16,21H,5-8,14H2,1H3,(H,24,29)(H,25,26,27). The molecular weight excluding hydrogens is 426 g/mol. The second kappa shape index (κ2) is 9.95. The van der Waals surface area contributed by atoms with Crippen molar-refractivity contribution in [2.75, 3.05) is 5.32 Å². The van der Waals surface area contributed by atoms with E-state index >= 15 is 0 Å². The minimum Gasteiger partial charge on any atom is -0.319 e. The molecule has 1 saturated carbocycles. The number of aromatic nitrogens is 3. The molecule has 166 valence electrons. The molecule has 3 aromatic rings. The predicted octanol–water partition coefficient (Wildman–Crippen LogP) is 5.23. The van der Waals surface area contributed by atoms with Crippen LogP contribution in [-0.4, -0.2) is 26.0 Å². The molecule has 2 N–H and O–H groups in total. The number of carbonyl (C=O) groups is 1. The molecule has 0 spiro atoms. The Hall–Kier alpha value is -3.20. The van der Waals surface area contributed by atoms with Crippen molar-refractivity contribution in [1.29, 1.82) is 0 Å². The molecule has 1 heterocycles. The van der Waals surface area contributed by atoms with Crippen molar-refractivity contribution in [3.05, 3.63) is 75.6 Å². The molecule has 1 amide bonds. The van der Waals surface area contributed by atoms with Crippen molar-refractivity contribution < 1.29 is 9.72 Å². The molecule has 1 fully saturated rings. The fourth-order valence-electron chi connectivity index (χ4n) is 4.01. The first-order valence-corrected chi connectivity index (χ1v) is 11.6. The number of amides is 1. The molecule has 32 heavy (non-hydrogen) atoms. The Labute approximate surface area is 190 Å². The Kier molecular flexibility index (Phi) is 6.84. The lowest BCUT2D eigenvalue weighted by Crippen LogP contribution is -2.20. The summed E-state index contributed by atoms with van der Waals surface area (Å²) in [6, 6.07) is 14.0. The van der Waals surface area contributed by atoms with Crippen LogP contribution in [0.25, 0.3) is 0 Å². The average Bonchev–Trinajstić information content (AvgIpc) is 3.46. The summed E-state index contributed by atoms with van der Waals surface area (Å²) < 4.78 is 0. The Morgan fingerprint density at radius 2 is 2.00 bits per heavy atom. The Balaban J connectivity index is 1.55. The fourth-order valence-corrected chi connectivity index (χ4v) is 4.94. The number of nitro benzene ring substituents is 1. The largest absolute Gasteiger partial charge is 0.319 e. The summed E-state index contributed by atoms with van der Waals surface area (Å²) in [5, 5.41) is 21.3. The minimum atomic E-state index is -0.660. The zero-order valence-electron chi connectivity index (χ0n) is 17.8. The van der Waals surface area contributed by atoms with Crippen molar-refractivity contribution in [2.24, 2.45) is 5.92 Å². The van der Waals surface area contributed by atoms with Crippen molar-refractivity contribution in [3.63, 3.8) is 0 Å². The van der Waals surface area contributed by atoms with E-state index in [1.165, 1.54) is 43.5 Å². The number of nitrogens with one attached hydrogen (secondary N) is 2. The molecule has 4 rings (SSSR count). The third kappa shape index (κ3) is 5.34. The molecule has 0 saturated heterocycles. The molecule has 2 aromatic carbocycles. The van der Waals surface area contributed by atoms with Gasteiger partial charge in [0.1, 0.15) is 16.8 Å². The number of rotatable bonds is 8. The van der Waals surface area contributed by atoms with Crippen molar-refractivity contribution in [3.8, 4) is 0 Å². The van der Waals surface area contributed by atoms with Crippen LogP contribution in [0.2, 0.25) is 0 Å². The van der Waals surface area contributed by atoms with E-state index in [1.807, 2.05) is 30.3 Å². The molecule has 1 aliphatic rings. The average molecular weight is 452 g/mol. The first kappa shape index (κ1) is 22.0. The number of hydrogen-bond donors (Lipinski definition) is 2. The van der Waals surface area contributed by atoms with Gasteiger partial charge in [-0.3, -0.25) is 20.0 Å². The van der Waals surface area contributed by atoms with Gasteiger partial charge in [-0.1, -0.05) is 73.8 Å². The molecule has 0 aliphatic heterocycles. The van der Waals surface area contributed by atoms with Crippen LogP contribution in [0.3, 0.4) is 0 Å². The summed E-state index contributed by atoms with van der Waals surface area (Å²) in [4.78, 5) is 28.8. The van der Waals surface area contributed by atoms with Crippen molar-refractivity contribution in [1.82, 2.24) is 15.2 Å². The van der Waals surface area contributed by atoms with Crippen molar-refractivity contribution >= 4 is 29.0 Å². The Morgan fingerprint density at radius 3 is 2.72 bits per heavy atom. The highest BCUT2D eigenvalue weighted by Gasteiger charge is 2.27. The SMILES string of the molecule is Cc1ccc(NC(=O)C(Sc2n[nH]c(CC3CCCC3)n2)c2ccccc2)c([N+](=O)[O-])c1. The number of nitro groups is 1. The summed E-state index contributed by atoms with van der Waals surface area (Å²) in [5.74, 6) is 1.10. The van der Waals surface area contributed by atoms with Gasteiger partial charge in [-0.2, -0.15) is 0 Å². The Morgan fingerprint density at radius 1 is 1.25 bits per heavy atom. The van der Waals surface area contributed by atoms with Crippen LogP contribution < -0.4 is 5.32 Å². The highest BCUT2D eigenvalue weighted by molar-refractivity contribution is 8.00. The summed E-state index contributed by atoms with van der Waals surface area (Å²) in [6.45, 7) is 1.77. The van der Waals surface area contributed by atoms with Gasteiger partial charge in [0.05, 0.1) is 4.92 Å². The minimum absolute atomic E-state index is 0.132. The van der Waals surface area contributed by atoms with Gasteiger partial charge < -0.3 is 5.32 Å². The van der Waals surface area contributed by atoms with E-state index in [9.17, 15) is 14.9 Å². The van der Waals surface area contributed by atoms with E-state index in [2.05, 4.69) is 20.5 Å². The maximum absolute atomic E-state index is 13.2. The molecule has 0 radical (unpaired) electrons. The third-order valence-electron chi connectivity index (χ3n) is 5.64. The van der Waals surface area contributed by atoms with Crippen LogP contribution in [0, 0.1) is 23.0 Å². The number of aromatic amines is 1. The van der Waals surface area contributed by atoms with E-state index in [4.69, 9.17) is 0 Å². The molecule has 0 bridgehead atoms. The van der Waals surface area contributed by atoms with Crippen LogP contribution in [0.4, 0.5) is 11.4 Å². The highest BCUT2D eigenvalue weighted by atomic mass is 32.2. The molecule has 9 heteroatoms. The van der Waals surface area contributed by atoms with Gasteiger partial charge in [-0.05, 0) is 30.0 Å². The lowest BCUT2D eigenvalue weighted by atomic mass is 10.0. The summed E-state index contributed by atoms with van der Waals surface area (Å²) in [6.07, 6.45) is 5.83. The third-order valence-corrected chi connectivity index (χ3v) is 6.75. The van der Waals surface area contributed by atoms with E-state index in [0.29, 0.717) is 11.1 Å². The molecular formula is C23H25N5O3S. The van der Waals surface area contributed by atoms with E-state index < -0.39 is 10.2 Å². The molecule has 8 nitrogen and oxygen atoms in total. The van der Waals surface area contributed by atoms with Crippen LogP contribution in [-0.2, 0) is 11.2 Å². The topological polar surface area (TPSA) is 114 Å². The quantitative estimate of drug-likeness (QED) is 0.275. The highest BCUT2D eigenvalue weighted by Crippen LogP contribution is 2.36. The lowest BCUT2D eigenvalue weighted by molar-refractivity contribution is -0.384. The van der Waals surface area contributed by atoms with E-state index in [-0.39, 0.29) is 17.3 Å². The van der Waals surface area contributed by atoms with Gasteiger partial charge >= 0.3 is 0 Å². The van der Waals surface area contributed by atoms with Gasteiger partial charge in [-0.15, -0.1) is 5.10 Å². The van der Waals surface area contributed by atoms with Gasteiger partial charge in [-0.25, -0.2) is 4.98 Å². The number of benzene rings is 2. The molecule has 1 aliphatic carbocycles. The number of nitrogens with zero attached hydrogens (tertiary/aromatic N) is 3. The lowest BCUT2D eigenvalue weighted by Gasteiger charge is -2.15. The summed E-state index contributed by atoms with van der Waals surface area (Å²) in [5.41, 5.74) is 1.56. The fraction of sp³-hybridized carbons (Fsp3) is 0.348. The van der Waals surface area contributed by atoms with E-state index in [1.54, 1.807) is 19.1 Å². The number of hydrogen-bond acceptors (Lipinski definition) is 6. The zero-order chi connectivity index (χ0) is 22.5. The monoisotopic (exact) mass is 451 g/mol. The van der Waals surface area contributed by atoms with Crippen LogP contribution in [0.1, 0.15) is 47.9 Å². The van der Waals surface area contributed by atoms with Gasteiger partial charge in [0.15, 0.2) is 0 Å². The number of H-pyrrole nitrogens is 1. The summed E-state index contributed by atoms with van der Waals surface area (Å²) >= 11 is 1.23. The molecule has 1 aromatic heterocycles. The first-order chi connectivity index (χ1) is 15.5. The number of carbonyl (C=O) groups excluding carboxylic acids is 1. The Bertz CT molecular complexity index is 1100. The van der Waals surface area contributed by atoms with Crippen LogP contribution in [0.15, 0.2) is 53.7 Å². The number of thioether (sulfide) groups is 1. The normalized spacial score (nSPS) is 14.9. The zero-order valence-corrected chi connectivity index (χ0v) is 18.6. The number of aryl methyl sites for hydroxylation is 1. The van der Waals surface area contributed by atoms with Crippen LogP contribution in [0.5, 0.6) is 0 Å². The van der Waals surface area contributed by atoms with Gasteiger partial charge in [0.25, 0.3) is 5.69 Å². The van der Waals surface area contributed by atoms with Gasteiger partial charge in [0, 0.05) is 12.5 Å². The molecule has 1 atom stereocenters. The van der Waals surface area contributed by atoms with Gasteiger partial charge in [0.2, 0.25) is 11.1 Å². The maximum atomic E-state index is 13.2. The number of anilines is 1. The first-order valence-electron chi connectivity index (χ1n) is 10.7. The second-order valence-electron chi connectivity index (χ2n) is 8.09. The van der Waals surface area contributed by atoms with Crippen molar-refractivity contribution in [2.45, 2.75) is 49.4 Å². The van der Waals surface area contributed by atoms with E-state index in [0.717, 1.165) is 23.4 Å². The maximum Gasteiger partial charge on any atom is 0.293 e. The van der Waals surface area contributed by atoms with Crippen LogP contribution >= 0.6 is 11.8 Å². The smallest absolute Gasteiger partial charge is 0.293 e. The summed E-state index contributed by atoms with van der Waals surface area (Å²) in [7, 11) is 0. The molecule has 1 unspecified atom stereocenters. The second-order valence-corrected chi connectivity index (χ2v) is 9.17. The predicted molar refractivity (Wildman–Crippen MR) is 124 cm³/mol.